The Balaban J connectivity index is 1.78. The second kappa shape index (κ2) is 12.0. The first-order valence-corrected chi connectivity index (χ1v) is 16.3. The van der Waals surface area contributed by atoms with Crippen molar-refractivity contribution in [3.05, 3.63) is 65.0 Å². The third-order valence-corrected chi connectivity index (χ3v) is 10.8. The van der Waals surface area contributed by atoms with Crippen molar-refractivity contribution in [2.75, 3.05) is 31.5 Å². The average Bonchev–Trinajstić information content (AvgIpc) is 3.28. The van der Waals surface area contributed by atoms with E-state index in [1.807, 2.05) is 13.8 Å². The van der Waals surface area contributed by atoms with E-state index < -0.39 is 44.0 Å². The van der Waals surface area contributed by atoms with Crippen LogP contribution in [0.25, 0.3) is 0 Å². The molecule has 2 heterocycles. The zero-order chi connectivity index (χ0) is 31.0. The zero-order valence-corrected chi connectivity index (χ0v) is 26.0. The molecule has 12 nitrogen and oxygen atoms in total. The second-order valence-corrected chi connectivity index (χ2v) is 14.3. The number of sulfonamides is 2. The van der Waals surface area contributed by atoms with Crippen molar-refractivity contribution in [1.29, 1.82) is 0 Å². The van der Waals surface area contributed by atoms with Crippen LogP contribution in [0.4, 0.5) is 5.69 Å². The molecule has 228 valence electrons. The molecule has 14 heteroatoms. The van der Waals surface area contributed by atoms with Gasteiger partial charge in [0.05, 0.1) is 35.3 Å². The minimum absolute atomic E-state index is 0.0133. The Labute approximate surface area is 246 Å². The van der Waals surface area contributed by atoms with Crippen molar-refractivity contribution in [3.63, 3.8) is 0 Å². The number of carbonyl (C=O) groups is 1. The predicted octanol–water partition coefficient (Wildman–Crippen LogP) is 2.94. The van der Waals surface area contributed by atoms with E-state index >= 15 is 0 Å². The lowest BCUT2D eigenvalue weighted by Gasteiger charge is -2.38. The molecule has 0 saturated carbocycles. The fourth-order valence-corrected chi connectivity index (χ4v) is 7.41. The zero-order valence-electron chi connectivity index (χ0n) is 24.4. The maximum Gasteiger partial charge on any atom is 0.267 e. The van der Waals surface area contributed by atoms with Crippen LogP contribution in [0.3, 0.4) is 0 Å². The van der Waals surface area contributed by atoms with Crippen LogP contribution in [-0.2, 0) is 20.0 Å². The van der Waals surface area contributed by atoms with Crippen LogP contribution in [0, 0.1) is 26.7 Å². The number of rotatable bonds is 9. The van der Waals surface area contributed by atoms with Crippen molar-refractivity contribution in [2.45, 2.75) is 56.6 Å². The number of aliphatic hydroxyl groups is 1. The summed E-state index contributed by atoms with van der Waals surface area (Å²) in [7, 11) is -6.67. The number of fused-ring (bicyclic) bond motifs is 1. The SMILES string of the molecule is Cc1ccc(S(=O)(=O)N(C)C[C@H]2Oc3c(NS(=O)(=O)c4c(C)noc4C)cccc3C(=O)N([C@H](C)CO)C[C@H]2C)cc1. The minimum atomic E-state index is -4.21. The molecule has 0 fully saturated rings. The quantitative estimate of drug-likeness (QED) is 0.367. The van der Waals surface area contributed by atoms with Gasteiger partial charge in [-0.15, -0.1) is 0 Å². The molecule has 3 atom stereocenters. The van der Waals surface area contributed by atoms with Gasteiger partial charge in [0.15, 0.2) is 16.4 Å². The number of likely N-dealkylation sites (N-methyl/N-ethyl adjacent to an activating group) is 1. The molecular formula is C28H36N4O8S2. The van der Waals surface area contributed by atoms with E-state index in [0.717, 1.165) is 5.56 Å². The Morgan fingerprint density at radius 2 is 1.79 bits per heavy atom. The van der Waals surface area contributed by atoms with E-state index in [9.17, 15) is 26.7 Å². The first kappa shape index (κ1) is 31.5. The lowest BCUT2D eigenvalue weighted by atomic mass is 9.99. The van der Waals surface area contributed by atoms with Gasteiger partial charge in [-0.3, -0.25) is 9.52 Å². The number of nitrogens with zero attached hydrogens (tertiary/aromatic N) is 3. The normalized spacial score (nSPS) is 18.7. The minimum Gasteiger partial charge on any atom is -0.486 e. The van der Waals surface area contributed by atoms with Crippen molar-refractivity contribution >= 4 is 31.6 Å². The fraction of sp³-hybridized carbons (Fsp3) is 0.429. The van der Waals surface area contributed by atoms with Crippen molar-refractivity contribution < 1.29 is 36.0 Å². The number of hydrogen-bond acceptors (Lipinski definition) is 9. The van der Waals surface area contributed by atoms with E-state index in [1.165, 1.54) is 60.4 Å². The average molecular weight is 621 g/mol. The third kappa shape index (κ3) is 6.16. The van der Waals surface area contributed by atoms with Gasteiger partial charge in [0, 0.05) is 19.5 Å². The third-order valence-electron chi connectivity index (χ3n) is 7.34. The number of aliphatic hydroxyl groups excluding tert-OH is 1. The molecule has 1 amide bonds. The van der Waals surface area contributed by atoms with Gasteiger partial charge in [-0.1, -0.05) is 35.8 Å². The lowest BCUT2D eigenvalue weighted by molar-refractivity contribution is 0.0389. The first-order chi connectivity index (χ1) is 19.7. The molecule has 0 radical (unpaired) electrons. The van der Waals surface area contributed by atoms with Crippen LogP contribution in [0.15, 0.2) is 56.8 Å². The van der Waals surface area contributed by atoms with Crippen LogP contribution in [0.2, 0.25) is 0 Å². The summed E-state index contributed by atoms with van der Waals surface area (Å²) in [5.74, 6) is -0.839. The Bertz CT molecular complexity index is 1650. The highest BCUT2D eigenvalue weighted by Gasteiger charge is 2.37. The van der Waals surface area contributed by atoms with Gasteiger partial charge >= 0.3 is 0 Å². The smallest absolute Gasteiger partial charge is 0.267 e. The number of para-hydroxylation sites is 1. The first-order valence-electron chi connectivity index (χ1n) is 13.4. The number of anilines is 1. The number of nitrogens with one attached hydrogen (secondary N) is 1. The summed E-state index contributed by atoms with van der Waals surface area (Å²) in [5, 5.41) is 13.6. The molecule has 3 aromatic rings. The Morgan fingerprint density at radius 3 is 2.38 bits per heavy atom. The molecule has 1 aliphatic heterocycles. The molecule has 4 rings (SSSR count). The van der Waals surface area contributed by atoms with E-state index in [1.54, 1.807) is 19.1 Å². The molecule has 42 heavy (non-hydrogen) atoms. The summed E-state index contributed by atoms with van der Waals surface area (Å²) in [6.45, 7) is 8.09. The number of ether oxygens (including phenoxy) is 1. The monoisotopic (exact) mass is 620 g/mol. The molecule has 1 aromatic heterocycles. The van der Waals surface area contributed by atoms with Gasteiger partial charge in [0.2, 0.25) is 10.0 Å². The molecule has 0 bridgehead atoms. The highest BCUT2D eigenvalue weighted by atomic mass is 32.2. The summed E-state index contributed by atoms with van der Waals surface area (Å²) in [6.07, 6.45) is -0.805. The van der Waals surface area contributed by atoms with E-state index in [2.05, 4.69) is 9.88 Å². The summed E-state index contributed by atoms with van der Waals surface area (Å²) in [6, 6.07) is 10.4. The van der Waals surface area contributed by atoms with Crippen LogP contribution in [0.1, 0.15) is 41.2 Å². The molecule has 0 aliphatic carbocycles. The van der Waals surface area contributed by atoms with Gasteiger partial charge in [-0.25, -0.2) is 16.8 Å². The largest absolute Gasteiger partial charge is 0.486 e. The van der Waals surface area contributed by atoms with Crippen molar-refractivity contribution in [2.24, 2.45) is 5.92 Å². The summed E-state index contributed by atoms with van der Waals surface area (Å²) < 4.78 is 68.7. The summed E-state index contributed by atoms with van der Waals surface area (Å²) >= 11 is 0. The Hall–Kier alpha value is -3.46. The van der Waals surface area contributed by atoms with Crippen LogP contribution in [-0.4, -0.2) is 81.1 Å². The molecule has 0 saturated heterocycles. The number of carbonyl (C=O) groups excluding carboxylic acids is 1. The van der Waals surface area contributed by atoms with Crippen LogP contribution in [0.5, 0.6) is 5.75 Å². The van der Waals surface area contributed by atoms with Gasteiger partial charge in [-0.05, 0) is 52.0 Å². The number of benzene rings is 2. The van der Waals surface area contributed by atoms with Gasteiger partial charge in [0.25, 0.3) is 15.9 Å². The molecule has 0 unspecified atom stereocenters. The highest BCUT2D eigenvalue weighted by molar-refractivity contribution is 7.92. The standard InChI is InChI=1S/C28H36N4O8S2/c1-17-10-12-22(13-11-17)42(37,38)31(6)15-25-18(2)14-32(19(3)16-33)28(34)23-8-7-9-24(26(23)39-25)30-41(35,36)27-20(4)29-40-21(27)5/h7-13,18-19,25,30,33H,14-16H2,1-6H3/t18-,19-,25-/m1/s1. The van der Waals surface area contributed by atoms with E-state index in [4.69, 9.17) is 9.26 Å². The molecule has 2 aromatic carbocycles. The topological polar surface area (TPSA) is 159 Å². The van der Waals surface area contributed by atoms with Crippen molar-refractivity contribution in [3.8, 4) is 5.75 Å². The summed E-state index contributed by atoms with van der Waals surface area (Å²) in [4.78, 5) is 15.2. The van der Waals surface area contributed by atoms with E-state index in [0.29, 0.717) is 0 Å². The molecule has 1 aliphatic rings. The number of hydrogen-bond donors (Lipinski definition) is 2. The van der Waals surface area contributed by atoms with Crippen LogP contribution >= 0.6 is 0 Å². The van der Waals surface area contributed by atoms with Gasteiger partial charge in [-0.2, -0.15) is 4.31 Å². The predicted molar refractivity (Wildman–Crippen MR) is 155 cm³/mol. The Morgan fingerprint density at radius 1 is 1.12 bits per heavy atom. The highest BCUT2D eigenvalue weighted by Crippen LogP contribution is 2.37. The maximum atomic E-state index is 13.7. The molecule has 0 spiro atoms. The summed E-state index contributed by atoms with van der Waals surface area (Å²) in [5.41, 5.74) is 1.13. The lowest BCUT2D eigenvalue weighted by Crippen LogP contribution is -2.50. The number of amides is 1. The Kier molecular flexibility index (Phi) is 9.02. The molecule has 2 N–H and O–H groups in total. The van der Waals surface area contributed by atoms with Crippen LogP contribution < -0.4 is 9.46 Å². The maximum absolute atomic E-state index is 13.7. The van der Waals surface area contributed by atoms with Crippen molar-refractivity contribution in [1.82, 2.24) is 14.4 Å². The number of aryl methyl sites for hydroxylation is 3. The number of aromatic nitrogens is 1. The van der Waals surface area contributed by atoms with E-state index in [-0.39, 0.29) is 57.9 Å². The van der Waals surface area contributed by atoms with Gasteiger partial charge < -0.3 is 19.3 Å². The van der Waals surface area contributed by atoms with Gasteiger partial charge in [0.1, 0.15) is 11.8 Å². The molecular weight excluding hydrogens is 584 g/mol. The second-order valence-electron chi connectivity index (χ2n) is 10.7. The fourth-order valence-electron chi connectivity index (χ4n) is 4.84.